The molecule has 0 heterocycles. The highest BCUT2D eigenvalue weighted by atomic mass is 31.2. The van der Waals surface area contributed by atoms with E-state index in [1.807, 2.05) is 0 Å². The van der Waals surface area contributed by atoms with Gasteiger partial charge in [-0.25, -0.2) is 4.44 Å². The molecule has 0 bridgehead atoms. The SMILES string of the molecule is CN(C1CCCCC1)P(c1ccccc1)N(C)P(c1ccccc1)N(C)C1CCCCC1. The molecular weight excluding hydrogens is 428 g/mol. The maximum absolute atomic E-state index is 2.78. The highest BCUT2D eigenvalue weighted by Gasteiger charge is 2.36. The molecule has 0 aliphatic heterocycles. The zero-order valence-corrected chi connectivity index (χ0v) is 22.0. The second kappa shape index (κ2) is 12.0. The van der Waals surface area contributed by atoms with Gasteiger partial charge in [0.15, 0.2) is 0 Å². The van der Waals surface area contributed by atoms with Crippen LogP contribution in [0.15, 0.2) is 60.7 Å². The van der Waals surface area contributed by atoms with Gasteiger partial charge in [0.05, 0.1) is 16.4 Å². The molecule has 0 N–H and O–H groups in total. The van der Waals surface area contributed by atoms with E-state index in [1.54, 1.807) is 0 Å². The van der Waals surface area contributed by atoms with Crippen LogP contribution in [0.1, 0.15) is 64.2 Å². The van der Waals surface area contributed by atoms with Crippen LogP contribution in [0, 0.1) is 0 Å². The molecule has 2 saturated carbocycles. The monoisotopic (exact) mass is 469 g/mol. The van der Waals surface area contributed by atoms with Crippen molar-refractivity contribution < 1.29 is 0 Å². The number of hydrogen-bond donors (Lipinski definition) is 0. The molecule has 0 saturated heterocycles. The molecule has 5 heteroatoms. The van der Waals surface area contributed by atoms with Gasteiger partial charge < -0.3 is 0 Å². The second-order valence-corrected chi connectivity index (χ2v) is 14.4. The van der Waals surface area contributed by atoms with Crippen molar-refractivity contribution in [2.75, 3.05) is 21.1 Å². The van der Waals surface area contributed by atoms with Crippen molar-refractivity contribution in [1.82, 2.24) is 13.8 Å². The van der Waals surface area contributed by atoms with Crippen molar-refractivity contribution in [3.8, 4) is 0 Å². The summed E-state index contributed by atoms with van der Waals surface area (Å²) in [4.78, 5) is 0. The Kier molecular flexibility index (Phi) is 9.15. The van der Waals surface area contributed by atoms with Crippen molar-refractivity contribution in [2.45, 2.75) is 76.3 Å². The Bertz CT molecular complexity index is 724. The fraction of sp³-hybridized carbons (Fsp3) is 0.556. The third kappa shape index (κ3) is 5.81. The first-order valence-electron chi connectivity index (χ1n) is 12.6. The van der Waals surface area contributed by atoms with E-state index in [4.69, 9.17) is 0 Å². The van der Waals surface area contributed by atoms with Crippen LogP contribution in [-0.2, 0) is 0 Å². The lowest BCUT2D eigenvalue weighted by Gasteiger charge is -2.47. The van der Waals surface area contributed by atoms with Crippen LogP contribution in [0.25, 0.3) is 0 Å². The smallest absolute Gasteiger partial charge is 0.0771 e. The second-order valence-electron chi connectivity index (χ2n) is 9.47. The van der Waals surface area contributed by atoms with Gasteiger partial charge in [-0.2, -0.15) is 0 Å². The number of rotatable bonds is 8. The Morgan fingerprint density at radius 1 is 0.531 bits per heavy atom. The van der Waals surface area contributed by atoms with Crippen LogP contribution in [0.2, 0.25) is 0 Å². The van der Waals surface area contributed by atoms with Crippen LogP contribution >= 0.6 is 16.4 Å². The van der Waals surface area contributed by atoms with E-state index in [9.17, 15) is 0 Å². The Hall–Kier alpha value is -0.820. The molecule has 2 unspecified atom stereocenters. The van der Waals surface area contributed by atoms with E-state index in [0.29, 0.717) is 12.1 Å². The first kappa shape index (κ1) is 24.3. The molecule has 2 aromatic rings. The van der Waals surface area contributed by atoms with Crippen LogP contribution < -0.4 is 10.6 Å². The molecule has 0 spiro atoms. The van der Waals surface area contributed by atoms with Gasteiger partial charge in [0.25, 0.3) is 0 Å². The average molecular weight is 470 g/mol. The fourth-order valence-corrected chi connectivity index (χ4v) is 11.7. The van der Waals surface area contributed by atoms with Gasteiger partial charge in [0.2, 0.25) is 0 Å². The van der Waals surface area contributed by atoms with E-state index < -0.39 is 16.4 Å². The van der Waals surface area contributed by atoms with Crippen molar-refractivity contribution in [3.05, 3.63) is 60.7 Å². The normalized spacial score (nSPS) is 20.7. The van der Waals surface area contributed by atoms with E-state index in [1.165, 1.54) is 74.8 Å². The maximum atomic E-state index is 2.78. The highest BCUT2D eigenvalue weighted by molar-refractivity contribution is 7.75. The maximum Gasteiger partial charge on any atom is 0.0771 e. The van der Waals surface area contributed by atoms with Gasteiger partial charge in [-0.05, 0) is 46.8 Å². The molecule has 2 atom stereocenters. The Balaban J connectivity index is 1.69. The summed E-state index contributed by atoms with van der Waals surface area (Å²) < 4.78 is 8.30. The zero-order valence-electron chi connectivity index (χ0n) is 20.2. The van der Waals surface area contributed by atoms with Gasteiger partial charge in [-0.15, -0.1) is 0 Å². The molecule has 2 aromatic carbocycles. The molecule has 32 heavy (non-hydrogen) atoms. The number of hydrogen-bond acceptors (Lipinski definition) is 3. The summed E-state index contributed by atoms with van der Waals surface area (Å²) in [6.07, 6.45) is 13.7. The highest BCUT2D eigenvalue weighted by Crippen LogP contribution is 2.59. The van der Waals surface area contributed by atoms with Gasteiger partial charge in [0.1, 0.15) is 0 Å². The molecule has 0 amide bonds. The molecule has 4 rings (SSSR count). The summed E-state index contributed by atoms with van der Waals surface area (Å²) in [5, 5.41) is 2.97. The minimum atomic E-state index is -0.564. The summed E-state index contributed by atoms with van der Waals surface area (Å²) in [7, 11) is 6.10. The van der Waals surface area contributed by atoms with Crippen molar-refractivity contribution in [2.24, 2.45) is 0 Å². The van der Waals surface area contributed by atoms with E-state index in [-0.39, 0.29) is 0 Å². The molecule has 2 aliphatic carbocycles. The number of nitrogens with zero attached hydrogens (tertiary/aromatic N) is 3. The first-order valence-corrected chi connectivity index (χ1v) is 15.1. The largest absolute Gasteiger partial charge is 0.266 e. The van der Waals surface area contributed by atoms with Crippen molar-refractivity contribution >= 4 is 27.1 Å². The Morgan fingerprint density at radius 3 is 1.22 bits per heavy atom. The van der Waals surface area contributed by atoms with Gasteiger partial charge in [-0.3, -0.25) is 9.34 Å². The lowest BCUT2D eigenvalue weighted by Crippen LogP contribution is -2.41. The van der Waals surface area contributed by atoms with E-state index >= 15 is 0 Å². The third-order valence-electron chi connectivity index (χ3n) is 7.33. The van der Waals surface area contributed by atoms with Crippen LogP contribution in [0.4, 0.5) is 0 Å². The first-order chi connectivity index (χ1) is 15.7. The minimum absolute atomic E-state index is 0.564. The summed E-state index contributed by atoms with van der Waals surface area (Å²) in [6.45, 7) is 0. The van der Waals surface area contributed by atoms with Gasteiger partial charge in [0, 0.05) is 22.7 Å². The summed E-state index contributed by atoms with van der Waals surface area (Å²) in [5.74, 6) is 0. The van der Waals surface area contributed by atoms with Crippen molar-refractivity contribution in [1.29, 1.82) is 0 Å². The van der Waals surface area contributed by atoms with E-state index in [0.717, 1.165) is 0 Å². The molecule has 0 aromatic heterocycles. The van der Waals surface area contributed by atoms with Crippen molar-refractivity contribution in [3.63, 3.8) is 0 Å². The van der Waals surface area contributed by atoms with Crippen LogP contribution in [0.5, 0.6) is 0 Å². The number of benzene rings is 2. The van der Waals surface area contributed by atoms with Gasteiger partial charge in [-0.1, -0.05) is 99.2 Å². The molecule has 174 valence electrons. The standard InChI is InChI=1S/C27H41N3P2/c1-28(24-16-8-4-9-17-24)31(26-20-12-6-13-21-26)30(3)32(27-22-14-7-15-23-27)29(2)25-18-10-5-11-19-25/h6-7,12-15,20-25H,4-5,8-11,16-19H2,1-3H3. The molecule has 3 nitrogen and oxygen atoms in total. The fourth-order valence-electron chi connectivity index (χ4n) is 5.53. The molecular formula is C27H41N3P2. The predicted molar refractivity (Wildman–Crippen MR) is 143 cm³/mol. The zero-order chi connectivity index (χ0) is 22.3. The Morgan fingerprint density at radius 2 is 0.875 bits per heavy atom. The average Bonchev–Trinajstić information content (AvgIpc) is 2.86. The molecule has 0 radical (unpaired) electrons. The summed E-state index contributed by atoms with van der Waals surface area (Å²) >= 11 is 0. The molecule has 2 aliphatic rings. The van der Waals surface area contributed by atoms with Gasteiger partial charge >= 0.3 is 0 Å². The lowest BCUT2D eigenvalue weighted by molar-refractivity contribution is 0.286. The summed E-state index contributed by atoms with van der Waals surface area (Å²) in [5.41, 5.74) is 0. The Labute approximate surface area is 198 Å². The third-order valence-corrected chi connectivity index (χ3v) is 12.8. The van der Waals surface area contributed by atoms with Crippen LogP contribution in [-0.4, -0.2) is 47.0 Å². The molecule has 2 fully saturated rings. The lowest BCUT2D eigenvalue weighted by atomic mass is 9.96. The minimum Gasteiger partial charge on any atom is -0.266 e. The predicted octanol–water partition coefficient (Wildman–Crippen LogP) is 6.72. The quantitative estimate of drug-likeness (QED) is 0.397. The topological polar surface area (TPSA) is 9.72 Å². The van der Waals surface area contributed by atoms with E-state index in [2.05, 4.69) is 95.6 Å². The van der Waals surface area contributed by atoms with Crippen LogP contribution in [0.3, 0.4) is 0 Å². The summed E-state index contributed by atoms with van der Waals surface area (Å²) in [6, 6.07) is 24.1.